The van der Waals surface area contributed by atoms with Crippen molar-refractivity contribution in [3.05, 3.63) is 60.7 Å². The number of nitriles is 1. The zero-order valence-corrected chi connectivity index (χ0v) is 12.5. The summed E-state index contributed by atoms with van der Waals surface area (Å²) in [5.41, 5.74) is 0. The van der Waals surface area contributed by atoms with E-state index in [-0.39, 0.29) is 11.5 Å². The quantitative estimate of drug-likeness (QED) is 0.639. The van der Waals surface area contributed by atoms with E-state index in [1.54, 1.807) is 6.92 Å². The van der Waals surface area contributed by atoms with Crippen molar-refractivity contribution in [2.75, 3.05) is 6.61 Å². The van der Waals surface area contributed by atoms with Crippen molar-refractivity contribution < 1.29 is 9.53 Å². The average Bonchev–Trinajstić information content (AvgIpc) is 2.54. The summed E-state index contributed by atoms with van der Waals surface area (Å²) in [6.07, 6.45) is 0. The number of nitrogens with zero attached hydrogens (tertiary/aromatic N) is 1. The third-order valence-corrected chi connectivity index (χ3v) is 4.88. The summed E-state index contributed by atoms with van der Waals surface area (Å²) in [5.74, 6) is -0.545. The number of hydrogen-bond donors (Lipinski definition) is 0. The summed E-state index contributed by atoms with van der Waals surface area (Å²) in [7, 11) is -0.740. The van der Waals surface area contributed by atoms with Gasteiger partial charge in [0, 0.05) is 9.79 Å². The fraction of sp³-hybridized carbons (Fsp3) is 0.118. The fourth-order valence-electron chi connectivity index (χ4n) is 1.86. The molecule has 0 amide bonds. The Hall–Kier alpha value is -2.38. The highest BCUT2D eigenvalue weighted by Crippen LogP contribution is 2.37. The molecule has 0 aliphatic carbocycles. The third-order valence-electron chi connectivity index (χ3n) is 2.72. The predicted molar refractivity (Wildman–Crippen MR) is 84.3 cm³/mol. The van der Waals surface area contributed by atoms with Crippen LogP contribution in [0.4, 0.5) is 0 Å². The molecule has 0 saturated carbocycles. The minimum Gasteiger partial charge on any atom is -0.461 e. The fourth-order valence-corrected chi connectivity index (χ4v) is 3.78. The number of esters is 1. The molecule has 2 aromatic carbocycles. The molecular weight excluding hydrogens is 282 g/mol. The smallest absolute Gasteiger partial charge is 0.355 e. The van der Waals surface area contributed by atoms with Crippen molar-refractivity contribution in [1.82, 2.24) is 0 Å². The van der Waals surface area contributed by atoms with E-state index >= 15 is 0 Å². The first-order valence-corrected chi connectivity index (χ1v) is 7.79. The normalized spacial score (nSPS) is 9.95. The SMILES string of the molecule is CCOC(=O)C(C#N)=S(c1ccccc1)c1ccccc1. The van der Waals surface area contributed by atoms with E-state index < -0.39 is 16.5 Å². The van der Waals surface area contributed by atoms with E-state index in [1.807, 2.05) is 66.7 Å². The maximum atomic E-state index is 12.1. The molecule has 0 heterocycles. The summed E-state index contributed by atoms with van der Waals surface area (Å²) in [6.45, 7) is 1.99. The number of carbonyl (C=O) groups is 1. The minimum atomic E-state index is -0.740. The number of carbonyl (C=O) groups excluding carboxylic acids is 1. The van der Waals surface area contributed by atoms with Crippen LogP contribution < -0.4 is 0 Å². The number of rotatable bonds is 4. The van der Waals surface area contributed by atoms with E-state index in [1.165, 1.54) is 0 Å². The van der Waals surface area contributed by atoms with Crippen LogP contribution in [0, 0.1) is 11.3 Å². The maximum Gasteiger partial charge on any atom is 0.355 e. The van der Waals surface area contributed by atoms with Gasteiger partial charge in [0.05, 0.1) is 6.61 Å². The Labute approximate surface area is 126 Å². The topological polar surface area (TPSA) is 50.1 Å². The van der Waals surface area contributed by atoms with Crippen LogP contribution in [0.5, 0.6) is 0 Å². The molecular formula is C17H15NO2S. The van der Waals surface area contributed by atoms with Crippen LogP contribution in [0.25, 0.3) is 0 Å². The van der Waals surface area contributed by atoms with Gasteiger partial charge in [0.15, 0.2) is 4.86 Å². The molecule has 4 heteroatoms. The highest BCUT2D eigenvalue weighted by molar-refractivity contribution is 8.17. The molecule has 0 aromatic heterocycles. The van der Waals surface area contributed by atoms with Crippen molar-refractivity contribution in [2.24, 2.45) is 0 Å². The van der Waals surface area contributed by atoms with Gasteiger partial charge in [-0.15, -0.1) is 0 Å². The first kappa shape index (κ1) is 15.0. The van der Waals surface area contributed by atoms with Crippen molar-refractivity contribution in [3.63, 3.8) is 0 Å². The highest BCUT2D eigenvalue weighted by Gasteiger charge is 2.18. The molecule has 3 nitrogen and oxygen atoms in total. The Morgan fingerprint density at radius 2 is 1.52 bits per heavy atom. The molecule has 106 valence electrons. The molecule has 0 bridgehead atoms. The molecule has 0 radical (unpaired) electrons. The molecule has 0 fully saturated rings. The minimum absolute atomic E-state index is 0.134. The Bertz CT molecular complexity index is 646. The zero-order valence-electron chi connectivity index (χ0n) is 11.7. The van der Waals surface area contributed by atoms with Crippen LogP contribution >= 0.6 is 10.5 Å². The molecule has 21 heavy (non-hydrogen) atoms. The summed E-state index contributed by atoms with van der Waals surface area (Å²) >= 11 is 0. The van der Waals surface area contributed by atoms with Gasteiger partial charge in [0.2, 0.25) is 0 Å². The molecule has 0 spiro atoms. The highest BCUT2D eigenvalue weighted by atomic mass is 32.2. The zero-order chi connectivity index (χ0) is 15.1. The summed E-state index contributed by atoms with van der Waals surface area (Å²) in [5, 5.41) is 9.44. The Kier molecular flexibility index (Phi) is 5.30. The number of hydrogen-bond acceptors (Lipinski definition) is 3. The second-order valence-electron chi connectivity index (χ2n) is 4.09. The van der Waals surface area contributed by atoms with E-state index in [2.05, 4.69) is 0 Å². The van der Waals surface area contributed by atoms with Crippen molar-refractivity contribution in [1.29, 1.82) is 5.26 Å². The van der Waals surface area contributed by atoms with Crippen LogP contribution in [-0.4, -0.2) is 17.4 Å². The first-order valence-electron chi connectivity index (χ1n) is 6.56. The molecule has 0 aliphatic heterocycles. The van der Waals surface area contributed by atoms with Gasteiger partial charge in [0.1, 0.15) is 6.07 Å². The largest absolute Gasteiger partial charge is 0.461 e. The standard InChI is InChI=1S/C17H15NO2S/c1-2-20-17(19)16(13-18)21(14-9-5-3-6-10-14)15-11-7-4-8-12-15/h3-12H,2H2,1H3. The van der Waals surface area contributed by atoms with Crippen LogP contribution in [0.15, 0.2) is 70.5 Å². The Balaban J connectivity index is 2.66. The van der Waals surface area contributed by atoms with Crippen LogP contribution in [0.2, 0.25) is 0 Å². The summed E-state index contributed by atoms with van der Waals surface area (Å²) < 4.78 is 5.03. The number of benzene rings is 2. The molecule has 2 rings (SSSR count). The van der Waals surface area contributed by atoms with Crippen molar-refractivity contribution in [3.8, 4) is 6.07 Å². The number of ether oxygens (including phenoxy) is 1. The lowest BCUT2D eigenvalue weighted by Crippen LogP contribution is -2.16. The second kappa shape index (κ2) is 7.41. The van der Waals surface area contributed by atoms with Gasteiger partial charge in [-0.2, -0.15) is 5.26 Å². The van der Waals surface area contributed by atoms with Gasteiger partial charge in [-0.3, -0.25) is 0 Å². The van der Waals surface area contributed by atoms with Gasteiger partial charge in [-0.05, 0) is 31.2 Å². The van der Waals surface area contributed by atoms with Crippen LogP contribution in [-0.2, 0) is 9.53 Å². The molecule has 0 saturated heterocycles. The molecule has 0 atom stereocenters. The van der Waals surface area contributed by atoms with Gasteiger partial charge in [0.25, 0.3) is 0 Å². The Morgan fingerprint density at radius 1 is 1.05 bits per heavy atom. The van der Waals surface area contributed by atoms with Crippen molar-refractivity contribution >= 4 is 21.3 Å². The third kappa shape index (κ3) is 3.59. The van der Waals surface area contributed by atoms with Crippen LogP contribution in [0.3, 0.4) is 0 Å². The van der Waals surface area contributed by atoms with E-state index in [0.29, 0.717) is 0 Å². The van der Waals surface area contributed by atoms with E-state index in [0.717, 1.165) is 9.79 Å². The molecule has 2 aromatic rings. The lowest BCUT2D eigenvalue weighted by molar-refractivity contribution is -0.134. The molecule has 0 aliphatic rings. The van der Waals surface area contributed by atoms with Gasteiger partial charge in [-0.25, -0.2) is 4.79 Å². The summed E-state index contributed by atoms with van der Waals surface area (Å²) in [4.78, 5) is 14.1. The molecule has 0 unspecified atom stereocenters. The van der Waals surface area contributed by atoms with Crippen molar-refractivity contribution in [2.45, 2.75) is 16.7 Å². The van der Waals surface area contributed by atoms with Gasteiger partial charge in [-0.1, -0.05) is 46.9 Å². The first-order chi connectivity index (χ1) is 10.3. The monoisotopic (exact) mass is 297 g/mol. The average molecular weight is 297 g/mol. The predicted octanol–water partition coefficient (Wildman–Crippen LogP) is 3.63. The van der Waals surface area contributed by atoms with Gasteiger partial charge >= 0.3 is 5.97 Å². The lowest BCUT2D eigenvalue weighted by atomic mass is 10.4. The van der Waals surface area contributed by atoms with E-state index in [4.69, 9.17) is 4.74 Å². The maximum absolute atomic E-state index is 12.1. The Morgan fingerprint density at radius 3 is 1.90 bits per heavy atom. The van der Waals surface area contributed by atoms with Crippen LogP contribution in [0.1, 0.15) is 6.92 Å². The second-order valence-corrected chi connectivity index (χ2v) is 6.06. The molecule has 0 N–H and O–H groups in total. The summed E-state index contributed by atoms with van der Waals surface area (Å²) in [6, 6.07) is 21.2. The lowest BCUT2D eigenvalue weighted by Gasteiger charge is -2.12. The van der Waals surface area contributed by atoms with E-state index in [9.17, 15) is 10.1 Å². The van der Waals surface area contributed by atoms with Gasteiger partial charge < -0.3 is 4.74 Å².